The number of carboxylic acids is 1. The number of carbonyl (C=O) groups is 2. The summed E-state index contributed by atoms with van der Waals surface area (Å²) in [7, 11) is 0. The lowest BCUT2D eigenvalue weighted by Crippen LogP contribution is -2.19. The third-order valence-electron chi connectivity index (χ3n) is 3.30. The number of hydrogen-bond donors (Lipinski definition) is 2. The summed E-state index contributed by atoms with van der Waals surface area (Å²) in [6.07, 6.45) is 1.56. The SMILES string of the molecule is O=C1CSC(=NN=Cc2cccc(-c3ccccc3C(=O)O)c2)N1. The highest BCUT2D eigenvalue weighted by molar-refractivity contribution is 8.15. The van der Waals surface area contributed by atoms with E-state index in [0.717, 1.165) is 11.1 Å². The molecule has 1 saturated heterocycles. The van der Waals surface area contributed by atoms with Crippen LogP contribution in [0.15, 0.2) is 58.7 Å². The predicted octanol–water partition coefficient (Wildman–Crippen LogP) is 2.60. The highest BCUT2D eigenvalue weighted by Crippen LogP contribution is 2.24. The van der Waals surface area contributed by atoms with Gasteiger partial charge in [-0.25, -0.2) is 4.79 Å². The van der Waals surface area contributed by atoms with Crippen LogP contribution in [0, 0.1) is 0 Å². The van der Waals surface area contributed by atoms with Crippen LogP contribution in [0.2, 0.25) is 0 Å². The third kappa shape index (κ3) is 3.69. The number of rotatable bonds is 4. The highest BCUT2D eigenvalue weighted by Gasteiger charge is 2.16. The van der Waals surface area contributed by atoms with E-state index in [2.05, 4.69) is 15.5 Å². The standard InChI is InChI=1S/C17H13N3O3S/c21-15-10-24-17(19-15)20-18-9-11-4-3-5-12(8-11)13-6-1-2-7-14(13)16(22)23/h1-9H,10H2,(H,22,23)(H,19,20,21). The quantitative estimate of drug-likeness (QED) is 0.662. The van der Waals surface area contributed by atoms with Gasteiger partial charge in [0.25, 0.3) is 0 Å². The molecule has 2 aromatic carbocycles. The molecular weight excluding hydrogens is 326 g/mol. The van der Waals surface area contributed by atoms with E-state index < -0.39 is 5.97 Å². The molecule has 6 nitrogen and oxygen atoms in total. The maximum atomic E-state index is 11.3. The predicted molar refractivity (Wildman–Crippen MR) is 94.5 cm³/mol. The maximum absolute atomic E-state index is 11.3. The maximum Gasteiger partial charge on any atom is 0.336 e. The van der Waals surface area contributed by atoms with Gasteiger partial charge in [0.1, 0.15) is 0 Å². The summed E-state index contributed by atoms with van der Waals surface area (Å²) in [6.45, 7) is 0. The summed E-state index contributed by atoms with van der Waals surface area (Å²) < 4.78 is 0. The molecule has 2 aromatic rings. The first-order valence-corrected chi connectivity index (χ1v) is 8.08. The molecule has 0 spiro atoms. The van der Waals surface area contributed by atoms with Gasteiger partial charge in [-0.15, -0.1) is 5.10 Å². The van der Waals surface area contributed by atoms with Crippen molar-refractivity contribution in [3.05, 3.63) is 59.7 Å². The largest absolute Gasteiger partial charge is 0.478 e. The molecule has 1 aliphatic heterocycles. The van der Waals surface area contributed by atoms with Crippen LogP contribution in [0.4, 0.5) is 0 Å². The van der Waals surface area contributed by atoms with Crippen molar-refractivity contribution in [3.63, 3.8) is 0 Å². The molecule has 7 heteroatoms. The lowest BCUT2D eigenvalue weighted by molar-refractivity contribution is -0.116. The zero-order valence-corrected chi connectivity index (χ0v) is 13.3. The molecule has 0 saturated carbocycles. The van der Waals surface area contributed by atoms with E-state index in [1.54, 1.807) is 30.5 Å². The Kier molecular flexibility index (Phi) is 4.72. The van der Waals surface area contributed by atoms with Gasteiger partial charge in [-0.1, -0.05) is 48.2 Å². The van der Waals surface area contributed by atoms with Crippen LogP contribution in [0.5, 0.6) is 0 Å². The topological polar surface area (TPSA) is 91.1 Å². The second-order valence-corrected chi connectivity index (χ2v) is 5.93. The Morgan fingerprint density at radius 1 is 1.21 bits per heavy atom. The van der Waals surface area contributed by atoms with Crippen molar-refractivity contribution in [1.82, 2.24) is 5.32 Å². The Bertz CT molecular complexity index is 862. The summed E-state index contributed by atoms with van der Waals surface area (Å²) >= 11 is 1.30. The number of amides is 1. The number of thioether (sulfide) groups is 1. The number of aromatic carboxylic acids is 1. The van der Waals surface area contributed by atoms with Crippen LogP contribution < -0.4 is 5.32 Å². The van der Waals surface area contributed by atoms with Gasteiger partial charge in [0.05, 0.1) is 17.5 Å². The molecule has 120 valence electrons. The van der Waals surface area contributed by atoms with Gasteiger partial charge in [0, 0.05) is 0 Å². The number of benzene rings is 2. The molecule has 0 aromatic heterocycles. The zero-order valence-electron chi connectivity index (χ0n) is 12.5. The van der Waals surface area contributed by atoms with Crippen LogP contribution in [0.25, 0.3) is 11.1 Å². The Labute approximate surface area is 142 Å². The molecule has 2 N–H and O–H groups in total. The number of carboxylic acid groups (broad SMARTS) is 1. The minimum absolute atomic E-state index is 0.0822. The third-order valence-corrected chi connectivity index (χ3v) is 4.16. The van der Waals surface area contributed by atoms with Crippen molar-refractivity contribution >= 4 is 35.0 Å². The Hall–Kier alpha value is -2.93. The van der Waals surface area contributed by atoms with Crippen molar-refractivity contribution in [2.24, 2.45) is 10.2 Å². The van der Waals surface area contributed by atoms with E-state index in [0.29, 0.717) is 16.5 Å². The molecule has 1 aliphatic rings. The first-order valence-electron chi connectivity index (χ1n) is 7.10. The Balaban J connectivity index is 1.85. The van der Waals surface area contributed by atoms with E-state index >= 15 is 0 Å². The van der Waals surface area contributed by atoms with Crippen molar-refractivity contribution in [2.45, 2.75) is 0 Å². The number of nitrogens with zero attached hydrogens (tertiary/aromatic N) is 2. The van der Waals surface area contributed by atoms with Gasteiger partial charge in [-0.3, -0.25) is 4.79 Å². The fourth-order valence-corrected chi connectivity index (χ4v) is 2.87. The fraction of sp³-hybridized carbons (Fsp3) is 0.0588. The molecule has 0 aliphatic carbocycles. The molecule has 1 fully saturated rings. The van der Waals surface area contributed by atoms with Crippen LogP contribution in [0.3, 0.4) is 0 Å². The highest BCUT2D eigenvalue weighted by atomic mass is 32.2. The summed E-state index contributed by atoms with van der Waals surface area (Å²) in [6, 6.07) is 14.2. The number of hydrogen-bond acceptors (Lipinski definition) is 5. The average Bonchev–Trinajstić information content (AvgIpc) is 3.00. The summed E-state index contributed by atoms with van der Waals surface area (Å²) in [4.78, 5) is 22.4. The van der Waals surface area contributed by atoms with Crippen molar-refractivity contribution in [3.8, 4) is 11.1 Å². The summed E-state index contributed by atoms with van der Waals surface area (Å²) in [5.41, 5.74) is 2.46. The minimum atomic E-state index is -0.968. The first kappa shape index (κ1) is 15.9. The van der Waals surface area contributed by atoms with E-state index in [1.165, 1.54) is 11.8 Å². The average molecular weight is 339 g/mol. The Morgan fingerprint density at radius 2 is 2.04 bits per heavy atom. The zero-order chi connectivity index (χ0) is 16.9. The van der Waals surface area contributed by atoms with Gasteiger partial charge < -0.3 is 10.4 Å². The van der Waals surface area contributed by atoms with Gasteiger partial charge in [0.2, 0.25) is 5.91 Å². The van der Waals surface area contributed by atoms with Crippen LogP contribution in [-0.4, -0.2) is 34.1 Å². The van der Waals surface area contributed by atoms with Crippen molar-refractivity contribution in [2.75, 3.05) is 5.75 Å². The number of nitrogens with one attached hydrogen (secondary N) is 1. The molecule has 0 radical (unpaired) electrons. The van der Waals surface area contributed by atoms with Gasteiger partial charge in [-0.05, 0) is 28.8 Å². The van der Waals surface area contributed by atoms with E-state index in [-0.39, 0.29) is 11.5 Å². The molecule has 1 amide bonds. The first-order chi connectivity index (χ1) is 11.6. The van der Waals surface area contributed by atoms with E-state index in [1.807, 2.05) is 24.3 Å². The van der Waals surface area contributed by atoms with E-state index in [4.69, 9.17) is 0 Å². The lowest BCUT2D eigenvalue weighted by atomic mass is 9.98. The van der Waals surface area contributed by atoms with Crippen LogP contribution in [0.1, 0.15) is 15.9 Å². The fourth-order valence-electron chi connectivity index (χ4n) is 2.24. The van der Waals surface area contributed by atoms with Crippen molar-refractivity contribution in [1.29, 1.82) is 0 Å². The van der Waals surface area contributed by atoms with Gasteiger partial charge >= 0.3 is 5.97 Å². The van der Waals surface area contributed by atoms with E-state index in [9.17, 15) is 14.7 Å². The molecule has 3 rings (SSSR count). The molecular formula is C17H13N3O3S. The number of amidine groups is 1. The van der Waals surface area contributed by atoms with Gasteiger partial charge in [0.15, 0.2) is 5.17 Å². The minimum Gasteiger partial charge on any atom is -0.478 e. The smallest absolute Gasteiger partial charge is 0.336 e. The molecule has 0 unspecified atom stereocenters. The monoisotopic (exact) mass is 339 g/mol. The second-order valence-electron chi connectivity index (χ2n) is 4.96. The van der Waals surface area contributed by atoms with Crippen molar-refractivity contribution < 1.29 is 14.7 Å². The molecule has 0 atom stereocenters. The number of carbonyl (C=O) groups excluding carboxylic acids is 1. The van der Waals surface area contributed by atoms with Crippen LogP contribution >= 0.6 is 11.8 Å². The second kappa shape index (κ2) is 7.10. The molecule has 0 bridgehead atoms. The summed E-state index contributed by atoms with van der Waals surface area (Å²) in [5, 5.41) is 20.3. The summed E-state index contributed by atoms with van der Waals surface area (Å²) in [5.74, 6) is -0.693. The molecule has 24 heavy (non-hydrogen) atoms. The van der Waals surface area contributed by atoms with Crippen LogP contribution in [-0.2, 0) is 4.79 Å². The Morgan fingerprint density at radius 3 is 2.79 bits per heavy atom. The van der Waals surface area contributed by atoms with Gasteiger partial charge in [-0.2, -0.15) is 5.10 Å². The normalized spacial score (nSPS) is 15.8. The lowest BCUT2D eigenvalue weighted by Gasteiger charge is -2.06. The molecule has 1 heterocycles.